The van der Waals surface area contributed by atoms with Crippen LogP contribution in [0.3, 0.4) is 0 Å². The molecule has 0 aromatic carbocycles. The lowest BCUT2D eigenvalue weighted by molar-refractivity contribution is 0.292. The van der Waals surface area contributed by atoms with Gasteiger partial charge < -0.3 is 0 Å². The molecule has 0 aliphatic heterocycles. The first-order valence-electron chi connectivity index (χ1n) is 9.61. The summed E-state index contributed by atoms with van der Waals surface area (Å²) in [5.74, 6) is 3.92. The topological polar surface area (TPSA) is 0 Å². The van der Waals surface area contributed by atoms with Crippen LogP contribution in [0.2, 0.25) is 0 Å². The Morgan fingerprint density at radius 3 is 2.30 bits per heavy atom. The smallest absolute Gasteiger partial charge is 0.0412 e. The Labute approximate surface area is 129 Å². The lowest BCUT2D eigenvalue weighted by Gasteiger charge is -2.23. The molecule has 1 saturated carbocycles. The number of rotatable bonds is 7. The van der Waals surface area contributed by atoms with Gasteiger partial charge in [0.15, 0.2) is 0 Å². The van der Waals surface area contributed by atoms with E-state index in [0.29, 0.717) is 0 Å². The highest BCUT2D eigenvalue weighted by atomic mass is 14.2. The van der Waals surface area contributed by atoms with Gasteiger partial charge in [0.2, 0.25) is 0 Å². The van der Waals surface area contributed by atoms with E-state index < -0.39 is 0 Å². The van der Waals surface area contributed by atoms with E-state index in [1.807, 2.05) is 0 Å². The lowest BCUT2D eigenvalue weighted by atomic mass is 9.83. The van der Waals surface area contributed by atoms with Crippen LogP contribution in [-0.4, -0.2) is 0 Å². The van der Waals surface area contributed by atoms with Crippen molar-refractivity contribution in [2.45, 2.75) is 105 Å². The minimum atomic E-state index is 0.946. The first-order chi connectivity index (χ1) is 9.61. The van der Waals surface area contributed by atoms with Gasteiger partial charge in [-0.2, -0.15) is 0 Å². The molecule has 0 nitrogen and oxygen atoms in total. The molecule has 0 heteroatoms. The molecule has 0 bridgehead atoms. The van der Waals surface area contributed by atoms with E-state index in [4.69, 9.17) is 0 Å². The molecule has 0 amide bonds. The summed E-state index contributed by atoms with van der Waals surface area (Å²) in [7, 11) is 0. The summed E-state index contributed by atoms with van der Waals surface area (Å²) >= 11 is 0. The van der Waals surface area contributed by atoms with Crippen LogP contribution in [0.1, 0.15) is 105 Å². The van der Waals surface area contributed by atoms with Gasteiger partial charge in [0.25, 0.3) is 0 Å². The largest absolute Gasteiger partial charge is 0.0654 e. The highest BCUT2D eigenvalue weighted by Crippen LogP contribution is 2.31. The molecular formula is C20H40. The summed E-state index contributed by atoms with van der Waals surface area (Å²) in [6.07, 6.45) is 17.7. The molecule has 0 aromatic rings. The van der Waals surface area contributed by atoms with Crippen LogP contribution in [0.4, 0.5) is 0 Å². The summed E-state index contributed by atoms with van der Waals surface area (Å²) in [5, 5.41) is 0. The summed E-state index contributed by atoms with van der Waals surface area (Å²) in [5.41, 5.74) is 0. The first-order valence-corrected chi connectivity index (χ1v) is 9.61. The molecule has 4 atom stereocenters. The van der Waals surface area contributed by atoms with Crippen LogP contribution < -0.4 is 0 Å². The zero-order chi connectivity index (χ0) is 14.8. The number of unbranched alkanes of at least 4 members (excludes halogenated alkanes) is 1. The summed E-state index contributed by atoms with van der Waals surface area (Å²) in [6, 6.07) is 0. The highest BCUT2D eigenvalue weighted by Gasteiger charge is 2.17. The van der Waals surface area contributed by atoms with Gasteiger partial charge in [-0.25, -0.2) is 0 Å². The Morgan fingerprint density at radius 2 is 1.55 bits per heavy atom. The third-order valence-corrected chi connectivity index (χ3v) is 5.46. The van der Waals surface area contributed by atoms with Crippen molar-refractivity contribution < 1.29 is 0 Å². The predicted molar refractivity (Wildman–Crippen MR) is 92.1 cm³/mol. The SMILES string of the molecule is CCCCC(C)CC(C)CC1CCCCC(C)CCC1. The minimum Gasteiger partial charge on any atom is -0.0654 e. The second kappa shape index (κ2) is 10.7. The van der Waals surface area contributed by atoms with Crippen LogP contribution in [0, 0.1) is 23.7 Å². The third-order valence-electron chi connectivity index (χ3n) is 5.46. The molecule has 0 aromatic heterocycles. The number of hydrogen-bond donors (Lipinski definition) is 0. The monoisotopic (exact) mass is 280 g/mol. The van der Waals surface area contributed by atoms with Crippen LogP contribution in [0.25, 0.3) is 0 Å². The normalized spacial score (nSPS) is 28.2. The van der Waals surface area contributed by atoms with Crippen LogP contribution >= 0.6 is 0 Å². The average molecular weight is 281 g/mol. The second-order valence-electron chi connectivity index (χ2n) is 8.01. The standard InChI is InChI=1S/C20H40/c1-5-6-10-18(3)15-19(4)16-20-13-8-7-11-17(2)12-9-14-20/h17-20H,5-16H2,1-4H3. The van der Waals surface area contributed by atoms with Crippen LogP contribution in [-0.2, 0) is 0 Å². The molecule has 0 heterocycles. The first kappa shape index (κ1) is 18.1. The van der Waals surface area contributed by atoms with Crippen molar-refractivity contribution in [1.82, 2.24) is 0 Å². The predicted octanol–water partition coefficient (Wildman–Crippen LogP) is 7.23. The molecule has 0 N–H and O–H groups in total. The van der Waals surface area contributed by atoms with Gasteiger partial charge in [-0.05, 0) is 36.5 Å². The molecule has 0 radical (unpaired) electrons. The summed E-state index contributed by atoms with van der Waals surface area (Å²) in [4.78, 5) is 0. The van der Waals surface area contributed by atoms with Gasteiger partial charge in [0, 0.05) is 0 Å². The van der Waals surface area contributed by atoms with E-state index >= 15 is 0 Å². The Bertz CT molecular complexity index is 220. The zero-order valence-electron chi connectivity index (χ0n) is 14.8. The molecule has 1 aliphatic carbocycles. The van der Waals surface area contributed by atoms with E-state index in [1.165, 1.54) is 77.0 Å². The van der Waals surface area contributed by atoms with Crippen molar-refractivity contribution in [3.8, 4) is 0 Å². The van der Waals surface area contributed by atoms with Crippen molar-refractivity contribution in [2.75, 3.05) is 0 Å². The Hall–Kier alpha value is 0. The Morgan fingerprint density at radius 1 is 0.900 bits per heavy atom. The fourth-order valence-electron chi connectivity index (χ4n) is 4.23. The van der Waals surface area contributed by atoms with E-state index in [1.54, 1.807) is 0 Å². The van der Waals surface area contributed by atoms with Gasteiger partial charge in [-0.1, -0.05) is 91.9 Å². The fourth-order valence-corrected chi connectivity index (χ4v) is 4.23. The van der Waals surface area contributed by atoms with Gasteiger partial charge >= 0.3 is 0 Å². The third kappa shape index (κ3) is 8.32. The maximum absolute atomic E-state index is 2.51. The van der Waals surface area contributed by atoms with E-state index in [2.05, 4.69) is 27.7 Å². The molecule has 0 saturated heterocycles. The van der Waals surface area contributed by atoms with Gasteiger partial charge in [-0.15, -0.1) is 0 Å². The Kier molecular flexibility index (Phi) is 9.65. The molecule has 120 valence electrons. The van der Waals surface area contributed by atoms with Crippen molar-refractivity contribution in [3.63, 3.8) is 0 Å². The van der Waals surface area contributed by atoms with E-state index in [-0.39, 0.29) is 0 Å². The fraction of sp³-hybridized carbons (Fsp3) is 1.00. The quantitative estimate of drug-likeness (QED) is 0.461. The second-order valence-corrected chi connectivity index (χ2v) is 8.01. The van der Waals surface area contributed by atoms with Gasteiger partial charge in [0.05, 0.1) is 0 Å². The molecule has 0 spiro atoms. The Balaban J connectivity index is 2.26. The molecular weight excluding hydrogens is 240 g/mol. The van der Waals surface area contributed by atoms with E-state index in [0.717, 1.165) is 23.7 Å². The van der Waals surface area contributed by atoms with Crippen molar-refractivity contribution in [1.29, 1.82) is 0 Å². The van der Waals surface area contributed by atoms with Crippen molar-refractivity contribution in [2.24, 2.45) is 23.7 Å². The maximum Gasteiger partial charge on any atom is -0.0412 e. The lowest BCUT2D eigenvalue weighted by Crippen LogP contribution is -2.10. The van der Waals surface area contributed by atoms with Crippen molar-refractivity contribution in [3.05, 3.63) is 0 Å². The van der Waals surface area contributed by atoms with Crippen LogP contribution in [0.5, 0.6) is 0 Å². The maximum atomic E-state index is 2.51. The molecule has 1 rings (SSSR count). The molecule has 4 unspecified atom stereocenters. The zero-order valence-corrected chi connectivity index (χ0v) is 14.8. The van der Waals surface area contributed by atoms with Crippen molar-refractivity contribution >= 4 is 0 Å². The average Bonchev–Trinajstić information content (AvgIpc) is 2.49. The molecule has 1 fully saturated rings. The van der Waals surface area contributed by atoms with Crippen LogP contribution in [0.15, 0.2) is 0 Å². The molecule has 20 heavy (non-hydrogen) atoms. The highest BCUT2D eigenvalue weighted by molar-refractivity contribution is 4.69. The van der Waals surface area contributed by atoms with E-state index in [9.17, 15) is 0 Å². The molecule has 1 aliphatic rings. The minimum absolute atomic E-state index is 0.946. The summed E-state index contributed by atoms with van der Waals surface area (Å²) < 4.78 is 0. The summed E-state index contributed by atoms with van der Waals surface area (Å²) in [6.45, 7) is 9.75. The number of hydrogen-bond acceptors (Lipinski definition) is 0. The van der Waals surface area contributed by atoms with Gasteiger partial charge in [0.1, 0.15) is 0 Å². The van der Waals surface area contributed by atoms with Gasteiger partial charge in [-0.3, -0.25) is 0 Å².